The average Bonchev–Trinajstić information content (AvgIpc) is 3.05. The van der Waals surface area contributed by atoms with Gasteiger partial charge in [-0.25, -0.2) is 0 Å². The fourth-order valence-electron chi connectivity index (χ4n) is 2.53. The minimum Gasteiger partial charge on any atom is -0.314 e. The van der Waals surface area contributed by atoms with E-state index in [1.807, 2.05) is 11.3 Å². The number of hydrogen-bond donors (Lipinski definition) is 1. The quantitative estimate of drug-likeness (QED) is 0.740. The molecule has 0 saturated heterocycles. The van der Waals surface area contributed by atoms with Gasteiger partial charge in [-0.2, -0.15) is 0 Å². The van der Waals surface area contributed by atoms with Crippen LogP contribution in [0.15, 0.2) is 12.1 Å². The highest BCUT2D eigenvalue weighted by Crippen LogP contribution is 2.25. The first-order valence-corrected chi connectivity index (χ1v) is 8.30. The molecule has 0 radical (unpaired) electrons. The van der Waals surface area contributed by atoms with E-state index in [1.54, 1.807) is 4.88 Å². The van der Waals surface area contributed by atoms with E-state index < -0.39 is 0 Å². The average molecular weight is 265 g/mol. The molecule has 0 bridgehead atoms. The zero-order valence-electron chi connectivity index (χ0n) is 12.0. The third kappa shape index (κ3) is 4.74. The molecule has 1 saturated carbocycles. The van der Waals surface area contributed by atoms with Gasteiger partial charge in [-0.05, 0) is 62.6 Å². The van der Waals surface area contributed by atoms with Crippen LogP contribution in [0.2, 0.25) is 0 Å². The van der Waals surface area contributed by atoms with Crippen LogP contribution in [-0.2, 0) is 12.8 Å². The van der Waals surface area contributed by atoms with Crippen molar-refractivity contribution in [1.29, 1.82) is 0 Å². The molecular formula is C16H27NS. The lowest BCUT2D eigenvalue weighted by atomic mass is 9.93. The van der Waals surface area contributed by atoms with Crippen LogP contribution < -0.4 is 5.32 Å². The minimum atomic E-state index is 0.807. The number of rotatable bonds is 8. The Balaban J connectivity index is 1.85. The molecule has 1 unspecified atom stereocenters. The van der Waals surface area contributed by atoms with Gasteiger partial charge in [0, 0.05) is 15.8 Å². The molecule has 0 aliphatic heterocycles. The van der Waals surface area contributed by atoms with Gasteiger partial charge in [0.25, 0.3) is 0 Å². The Labute approximate surface area is 116 Å². The first-order chi connectivity index (χ1) is 8.67. The third-order valence-corrected chi connectivity index (χ3v) is 4.88. The van der Waals surface area contributed by atoms with E-state index in [9.17, 15) is 0 Å². The Kier molecular flexibility index (Phi) is 5.25. The number of thiophene rings is 1. The lowest BCUT2D eigenvalue weighted by Gasteiger charge is -2.19. The highest BCUT2D eigenvalue weighted by molar-refractivity contribution is 7.11. The molecule has 1 aromatic rings. The van der Waals surface area contributed by atoms with Crippen LogP contribution in [0.3, 0.4) is 0 Å². The van der Waals surface area contributed by atoms with Crippen molar-refractivity contribution in [1.82, 2.24) is 5.32 Å². The van der Waals surface area contributed by atoms with Crippen molar-refractivity contribution in [2.75, 3.05) is 6.54 Å². The maximum absolute atomic E-state index is 3.71. The molecule has 1 nitrogen and oxygen atoms in total. The van der Waals surface area contributed by atoms with E-state index in [0.717, 1.165) is 17.9 Å². The van der Waals surface area contributed by atoms with Crippen LogP contribution in [-0.4, -0.2) is 12.6 Å². The summed E-state index contributed by atoms with van der Waals surface area (Å²) in [6.07, 6.45) is 6.59. The highest BCUT2D eigenvalue weighted by atomic mass is 32.1. The molecule has 1 atom stereocenters. The Morgan fingerprint density at radius 3 is 2.56 bits per heavy atom. The molecule has 18 heavy (non-hydrogen) atoms. The van der Waals surface area contributed by atoms with Crippen LogP contribution in [0.1, 0.15) is 49.8 Å². The summed E-state index contributed by atoms with van der Waals surface area (Å²) < 4.78 is 0. The van der Waals surface area contributed by atoms with Crippen molar-refractivity contribution in [2.24, 2.45) is 11.8 Å². The molecule has 0 amide bonds. The molecule has 1 N–H and O–H groups in total. The molecule has 1 fully saturated rings. The van der Waals surface area contributed by atoms with E-state index in [0.29, 0.717) is 0 Å². The van der Waals surface area contributed by atoms with Crippen molar-refractivity contribution >= 4 is 11.3 Å². The van der Waals surface area contributed by atoms with E-state index in [1.165, 1.54) is 43.5 Å². The summed E-state index contributed by atoms with van der Waals surface area (Å²) in [6.45, 7) is 8.14. The Morgan fingerprint density at radius 1 is 1.28 bits per heavy atom. The summed E-state index contributed by atoms with van der Waals surface area (Å²) in [4.78, 5) is 3.11. The lowest BCUT2D eigenvalue weighted by Crippen LogP contribution is -2.26. The van der Waals surface area contributed by atoms with Crippen LogP contribution >= 0.6 is 11.3 Å². The molecule has 2 rings (SSSR count). The zero-order valence-corrected chi connectivity index (χ0v) is 12.9. The Hall–Kier alpha value is -0.340. The SMILES string of the molecule is CCc1ccc(CC(CNC2CC2)CC(C)C)s1. The van der Waals surface area contributed by atoms with Crippen LogP contribution in [0.25, 0.3) is 0 Å². The summed E-state index contributed by atoms with van der Waals surface area (Å²) in [5.41, 5.74) is 0. The fraction of sp³-hybridized carbons (Fsp3) is 0.750. The second-order valence-electron chi connectivity index (χ2n) is 6.10. The smallest absolute Gasteiger partial charge is 0.00683 e. The molecule has 0 aromatic carbocycles. The fourth-order valence-corrected chi connectivity index (χ4v) is 3.61. The van der Waals surface area contributed by atoms with E-state index in [2.05, 4.69) is 38.2 Å². The largest absolute Gasteiger partial charge is 0.314 e. The molecule has 0 spiro atoms. The van der Waals surface area contributed by atoms with Crippen molar-refractivity contribution < 1.29 is 0 Å². The van der Waals surface area contributed by atoms with Crippen molar-refractivity contribution in [2.45, 2.75) is 58.9 Å². The molecule has 1 heterocycles. The van der Waals surface area contributed by atoms with Gasteiger partial charge in [0.2, 0.25) is 0 Å². The van der Waals surface area contributed by atoms with E-state index >= 15 is 0 Å². The molecule has 1 aliphatic carbocycles. The first-order valence-electron chi connectivity index (χ1n) is 7.48. The van der Waals surface area contributed by atoms with Crippen LogP contribution in [0.4, 0.5) is 0 Å². The topological polar surface area (TPSA) is 12.0 Å². The Morgan fingerprint density at radius 2 is 2.00 bits per heavy atom. The Bertz CT molecular complexity index is 352. The third-order valence-electron chi connectivity index (χ3n) is 3.63. The van der Waals surface area contributed by atoms with Gasteiger partial charge in [-0.1, -0.05) is 20.8 Å². The predicted octanol–water partition coefficient (Wildman–Crippen LogP) is 4.27. The van der Waals surface area contributed by atoms with Gasteiger partial charge in [-0.15, -0.1) is 11.3 Å². The van der Waals surface area contributed by atoms with Crippen molar-refractivity contribution in [3.8, 4) is 0 Å². The summed E-state index contributed by atoms with van der Waals surface area (Å²) in [7, 11) is 0. The van der Waals surface area contributed by atoms with Gasteiger partial charge in [0.15, 0.2) is 0 Å². The summed E-state index contributed by atoms with van der Waals surface area (Å²) >= 11 is 2.01. The normalized spacial score (nSPS) is 17.3. The van der Waals surface area contributed by atoms with Gasteiger partial charge in [-0.3, -0.25) is 0 Å². The van der Waals surface area contributed by atoms with Crippen molar-refractivity contribution in [3.05, 3.63) is 21.9 Å². The molecule has 2 heteroatoms. The molecular weight excluding hydrogens is 238 g/mol. The summed E-state index contributed by atoms with van der Waals surface area (Å²) in [6, 6.07) is 5.49. The predicted molar refractivity (Wildman–Crippen MR) is 81.4 cm³/mol. The first kappa shape index (κ1) is 14.1. The van der Waals surface area contributed by atoms with E-state index in [4.69, 9.17) is 0 Å². The summed E-state index contributed by atoms with van der Waals surface area (Å²) in [5, 5.41) is 3.71. The minimum absolute atomic E-state index is 0.807. The zero-order chi connectivity index (χ0) is 13.0. The maximum atomic E-state index is 3.71. The summed E-state index contributed by atoms with van der Waals surface area (Å²) in [5.74, 6) is 1.62. The monoisotopic (exact) mass is 265 g/mol. The molecule has 1 aliphatic rings. The molecule has 1 aromatic heterocycles. The highest BCUT2D eigenvalue weighted by Gasteiger charge is 2.22. The second kappa shape index (κ2) is 6.72. The lowest BCUT2D eigenvalue weighted by molar-refractivity contribution is 0.386. The van der Waals surface area contributed by atoms with Gasteiger partial charge < -0.3 is 5.32 Å². The van der Waals surface area contributed by atoms with E-state index in [-0.39, 0.29) is 0 Å². The van der Waals surface area contributed by atoms with Gasteiger partial charge in [0.1, 0.15) is 0 Å². The maximum Gasteiger partial charge on any atom is 0.00683 e. The number of aryl methyl sites for hydroxylation is 1. The number of hydrogen-bond acceptors (Lipinski definition) is 2. The molecule has 102 valence electrons. The van der Waals surface area contributed by atoms with Crippen LogP contribution in [0.5, 0.6) is 0 Å². The van der Waals surface area contributed by atoms with Gasteiger partial charge >= 0.3 is 0 Å². The second-order valence-corrected chi connectivity index (χ2v) is 7.36. The van der Waals surface area contributed by atoms with Gasteiger partial charge in [0.05, 0.1) is 0 Å². The standard InChI is InChI=1S/C16H27NS/c1-4-15-7-8-16(18-15)10-13(9-12(2)3)11-17-14-5-6-14/h7-8,12-14,17H,4-6,9-11H2,1-3H3. The number of nitrogens with one attached hydrogen (secondary N) is 1. The van der Waals surface area contributed by atoms with Crippen LogP contribution in [0, 0.1) is 11.8 Å². The van der Waals surface area contributed by atoms with Crippen molar-refractivity contribution in [3.63, 3.8) is 0 Å².